The molecule has 0 aromatic heterocycles. The number of hydrogen-bond acceptors (Lipinski definition) is 4. The summed E-state index contributed by atoms with van der Waals surface area (Å²) in [6.45, 7) is 6.53. The van der Waals surface area contributed by atoms with Crippen molar-refractivity contribution in [2.24, 2.45) is 0 Å². The van der Waals surface area contributed by atoms with Gasteiger partial charge < -0.3 is 20.3 Å². The lowest BCUT2D eigenvalue weighted by molar-refractivity contribution is -0.121. The molecule has 1 amide bonds. The highest BCUT2D eigenvalue weighted by molar-refractivity contribution is 9.10. The molecule has 0 bridgehead atoms. The van der Waals surface area contributed by atoms with Crippen molar-refractivity contribution >= 4 is 21.8 Å². The zero-order valence-electron chi connectivity index (χ0n) is 12.8. The molecule has 1 fully saturated rings. The van der Waals surface area contributed by atoms with Gasteiger partial charge in [0.1, 0.15) is 5.75 Å². The number of carbonyl (C=O) groups excluding carboxylic acids is 1. The highest BCUT2D eigenvalue weighted by atomic mass is 79.9. The summed E-state index contributed by atoms with van der Waals surface area (Å²) in [5.74, 6) is 0.821. The molecule has 1 aliphatic rings. The van der Waals surface area contributed by atoms with Gasteiger partial charge in [0.05, 0.1) is 17.5 Å². The molecule has 0 spiro atoms. The number of rotatable bonds is 8. The third-order valence-electron chi connectivity index (χ3n) is 3.61. The fourth-order valence-electron chi connectivity index (χ4n) is 2.37. The number of carbonyl (C=O) groups is 1. The number of benzene rings is 1. The zero-order valence-corrected chi connectivity index (χ0v) is 14.4. The second-order valence-corrected chi connectivity index (χ2v) is 6.18. The quantitative estimate of drug-likeness (QED) is 0.683. The molecule has 0 unspecified atom stereocenters. The van der Waals surface area contributed by atoms with Crippen LogP contribution in [0.3, 0.4) is 0 Å². The summed E-state index contributed by atoms with van der Waals surface area (Å²) >= 11 is 3.42. The van der Waals surface area contributed by atoms with Crippen molar-refractivity contribution in [3.05, 3.63) is 28.7 Å². The van der Waals surface area contributed by atoms with Crippen molar-refractivity contribution < 1.29 is 9.53 Å². The smallest absolute Gasteiger partial charge is 0.223 e. The van der Waals surface area contributed by atoms with E-state index >= 15 is 0 Å². The summed E-state index contributed by atoms with van der Waals surface area (Å²) in [4.78, 5) is 14.2. The maximum atomic E-state index is 11.7. The third-order valence-corrected chi connectivity index (χ3v) is 4.26. The average Bonchev–Trinajstić information content (AvgIpc) is 2.54. The molecule has 0 atom stereocenters. The summed E-state index contributed by atoms with van der Waals surface area (Å²) in [7, 11) is 0. The number of piperazine rings is 1. The second-order valence-electron chi connectivity index (χ2n) is 5.32. The lowest BCUT2D eigenvalue weighted by atomic mass is 10.3. The lowest BCUT2D eigenvalue weighted by Crippen LogP contribution is -2.44. The molecule has 1 saturated heterocycles. The lowest BCUT2D eigenvalue weighted by Gasteiger charge is -2.27. The van der Waals surface area contributed by atoms with Crippen molar-refractivity contribution in [3.63, 3.8) is 0 Å². The molecule has 22 heavy (non-hydrogen) atoms. The van der Waals surface area contributed by atoms with Crippen LogP contribution in [0.25, 0.3) is 0 Å². The summed E-state index contributed by atoms with van der Waals surface area (Å²) < 4.78 is 6.49. The predicted molar refractivity (Wildman–Crippen MR) is 91.2 cm³/mol. The number of nitrogens with one attached hydrogen (secondary N) is 2. The van der Waals surface area contributed by atoms with Crippen molar-refractivity contribution in [2.75, 3.05) is 45.9 Å². The molecule has 1 aromatic carbocycles. The van der Waals surface area contributed by atoms with Gasteiger partial charge in [0, 0.05) is 32.7 Å². The maximum absolute atomic E-state index is 11.7. The van der Waals surface area contributed by atoms with Crippen LogP contribution in [0.1, 0.15) is 12.8 Å². The van der Waals surface area contributed by atoms with Gasteiger partial charge in [-0.15, -0.1) is 0 Å². The molecule has 2 N–H and O–H groups in total. The van der Waals surface area contributed by atoms with E-state index < -0.39 is 0 Å². The number of halogens is 1. The number of amides is 1. The van der Waals surface area contributed by atoms with Crippen LogP contribution in [0.15, 0.2) is 28.7 Å². The van der Waals surface area contributed by atoms with Gasteiger partial charge in [0.25, 0.3) is 0 Å². The van der Waals surface area contributed by atoms with E-state index in [1.54, 1.807) is 0 Å². The largest absolute Gasteiger partial charge is 0.492 e. The van der Waals surface area contributed by atoms with E-state index in [9.17, 15) is 4.79 Å². The van der Waals surface area contributed by atoms with Crippen molar-refractivity contribution in [1.29, 1.82) is 0 Å². The van der Waals surface area contributed by atoms with Crippen molar-refractivity contribution in [3.8, 4) is 5.75 Å². The third kappa shape index (κ3) is 6.34. The van der Waals surface area contributed by atoms with Crippen LogP contribution in [0.5, 0.6) is 5.75 Å². The molecule has 1 heterocycles. The highest BCUT2D eigenvalue weighted by Crippen LogP contribution is 2.23. The van der Waals surface area contributed by atoms with E-state index in [1.165, 1.54) is 0 Å². The monoisotopic (exact) mass is 369 g/mol. The molecular formula is C16H24BrN3O2. The predicted octanol–water partition coefficient (Wildman–Crippen LogP) is 1.63. The highest BCUT2D eigenvalue weighted by Gasteiger charge is 2.09. The van der Waals surface area contributed by atoms with E-state index in [0.29, 0.717) is 13.0 Å². The molecule has 5 nitrogen and oxygen atoms in total. The van der Waals surface area contributed by atoms with Gasteiger partial charge in [-0.25, -0.2) is 0 Å². The molecular weight excluding hydrogens is 346 g/mol. The topological polar surface area (TPSA) is 53.6 Å². The van der Waals surface area contributed by atoms with E-state index in [2.05, 4.69) is 31.5 Å². The molecule has 1 aliphatic heterocycles. The van der Waals surface area contributed by atoms with Crippen LogP contribution in [0, 0.1) is 0 Å². The molecule has 0 aliphatic carbocycles. The first kappa shape index (κ1) is 17.2. The Hall–Kier alpha value is -1.11. The van der Waals surface area contributed by atoms with Gasteiger partial charge in [-0.05, 0) is 41.0 Å². The van der Waals surface area contributed by atoms with Gasteiger partial charge in [-0.1, -0.05) is 12.1 Å². The molecule has 122 valence electrons. The van der Waals surface area contributed by atoms with E-state index in [1.807, 2.05) is 24.3 Å². The minimum Gasteiger partial charge on any atom is -0.492 e. The van der Waals surface area contributed by atoms with Gasteiger partial charge in [0.15, 0.2) is 0 Å². The summed E-state index contributed by atoms with van der Waals surface area (Å²) in [6.07, 6.45) is 1.38. The molecule has 0 saturated carbocycles. The van der Waals surface area contributed by atoms with Gasteiger partial charge in [0.2, 0.25) is 5.91 Å². The SMILES string of the molecule is O=C(CCOc1ccccc1Br)NCCCN1CCNCC1. The minimum absolute atomic E-state index is 0.0485. The van der Waals surface area contributed by atoms with E-state index in [4.69, 9.17) is 4.74 Å². The van der Waals surface area contributed by atoms with Crippen molar-refractivity contribution in [1.82, 2.24) is 15.5 Å². The number of ether oxygens (including phenoxy) is 1. The van der Waals surface area contributed by atoms with Crippen LogP contribution in [0.4, 0.5) is 0 Å². The molecule has 0 radical (unpaired) electrons. The van der Waals surface area contributed by atoms with Crippen LogP contribution in [-0.2, 0) is 4.79 Å². The van der Waals surface area contributed by atoms with Crippen LogP contribution >= 0.6 is 15.9 Å². The van der Waals surface area contributed by atoms with E-state index in [0.717, 1.165) is 55.9 Å². The normalized spacial score (nSPS) is 15.5. The van der Waals surface area contributed by atoms with Crippen LogP contribution in [0.2, 0.25) is 0 Å². The first-order valence-electron chi connectivity index (χ1n) is 7.83. The van der Waals surface area contributed by atoms with E-state index in [-0.39, 0.29) is 5.91 Å². The molecule has 6 heteroatoms. The first-order chi connectivity index (χ1) is 10.8. The van der Waals surface area contributed by atoms with Gasteiger partial charge in [-0.3, -0.25) is 4.79 Å². The fourth-order valence-corrected chi connectivity index (χ4v) is 2.77. The maximum Gasteiger partial charge on any atom is 0.223 e. The summed E-state index contributed by atoms with van der Waals surface area (Å²) in [5.41, 5.74) is 0. The Morgan fingerprint density at radius 3 is 2.86 bits per heavy atom. The molecule has 1 aromatic rings. The summed E-state index contributed by atoms with van der Waals surface area (Å²) in [5, 5.41) is 6.29. The first-order valence-corrected chi connectivity index (χ1v) is 8.62. The standard InChI is InChI=1S/C16H24BrN3O2/c17-14-4-1-2-5-15(14)22-13-6-16(21)19-7-3-10-20-11-8-18-9-12-20/h1-2,4-5,18H,3,6-13H2,(H,19,21). The Labute approximate surface area is 140 Å². The summed E-state index contributed by atoms with van der Waals surface area (Å²) in [6, 6.07) is 7.65. The fraction of sp³-hybridized carbons (Fsp3) is 0.562. The second kappa shape index (κ2) is 9.82. The number of nitrogens with zero attached hydrogens (tertiary/aromatic N) is 1. The Morgan fingerprint density at radius 1 is 1.32 bits per heavy atom. The minimum atomic E-state index is 0.0485. The van der Waals surface area contributed by atoms with Crippen LogP contribution in [-0.4, -0.2) is 56.7 Å². The Morgan fingerprint density at radius 2 is 2.09 bits per heavy atom. The molecule has 2 rings (SSSR count). The average molecular weight is 370 g/mol. The van der Waals surface area contributed by atoms with Gasteiger partial charge >= 0.3 is 0 Å². The Balaban J connectivity index is 1.51. The Kier molecular flexibility index (Phi) is 7.70. The number of para-hydroxylation sites is 1. The van der Waals surface area contributed by atoms with Gasteiger partial charge in [-0.2, -0.15) is 0 Å². The van der Waals surface area contributed by atoms with Crippen molar-refractivity contribution in [2.45, 2.75) is 12.8 Å². The number of hydrogen-bond donors (Lipinski definition) is 2. The zero-order chi connectivity index (χ0) is 15.6. The Bertz CT molecular complexity index is 464. The van der Waals surface area contributed by atoms with Crippen LogP contribution < -0.4 is 15.4 Å².